The lowest BCUT2D eigenvalue weighted by atomic mass is 9.99. The van der Waals surface area contributed by atoms with Gasteiger partial charge >= 0.3 is 0 Å². The third-order valence-electron chi connectivity index (χ3n) is 11.7. The van der Waals surface area contributed by atoms with Crippen molar-refractivity contribution in [1.29, 1.82) is 0 Å². The predicted octanol–water partition coefficient (Wildman–Crippen LogP) is 9.79. The van der Waals surface area contributed by atoms with Crippen LogP contribution in [0.1, 0.15) is 142 Å². The topological polar surface area (TPSA) is 36.9 Å². The van der Waals surface area contributed by atoms with Gasteiger partial charge in [-0.1, -0.05) is 92.9 Å². The minimum atomic E-state index is -0.887. The van der Waals surface area contributed by atoms with E-state index in [-0.39, 0.29) is 28.1 Å². The van der Waals surface area contributed by atoms with Gasteiger partial charge in [-0.25, -0.2) is 0 Å². The molecule has 6 heteroatoms. The lowest BCUT2D eigenvalue weighted by Crippen LogP contribution is -2.66. The first kappa shape index (κ1) is 32.1. The Labute approximate surface area is 249 Å². The van der Waals surface area contributed by atoms with Crippen LogP contribution >= 0.6 is 15.8 Å². The Kier molecular flexibility index (Phi) is 12.1. The molecule has 4 aliphatic carbocycles. The van der Waals surface area contributed by atoms with E-state index in [9.17, 15) is 0 Å². The summed E-state index contributed by atoms with van der Waals surface area (Å²) in [5, 5.41) is 0. The number of methoxy groups -OCH3 is 2. The molecular weight excluding hydrogens is 534 g/mol. The van der Waals surface area contributed by atoms with Gasteiger partial charge in [0.15, 0.2) is 0 Å². The standard InChI is InChI=1S/C34H62O4P2/c1-33(35-3)34(2,36-4)38-32(26-40(29-21-13-7-14-22-29)30-23-15-8-16-24-30)31(37-33)25-39(27-17-9-5-10-18-27)28-19-11-6-12-20-28/h27-32H,5-26H2,1-4H3/t31-,32-,33+,34?/m0/s1. The molecule has 0 bridgehead atoms. The monoisotopic (exact) mass is 596 g/mol. The molecule has 0 spiro atoms. The molecule has 0 amide bonds. The molecule has 1 aliphatic heterocycles. The van der Waals surface area contributed by atoms with Crippen molar-refractivity contribution in [3.63, 3.8) is 0 Å². The Bertz CT molecular complexity index is 646. The zero-order chi connectivity index (χ0) is 28.0. The molecule has 4 saturated carbocycles. The number of rotatable bonds is 10. The average molecular weight is 597 g/mol. The van der Waals surface area contributed by atoms with Gasteiger partial charge < -0.3 is 18.9 Å². The van der Waals surface area contributed by atoms with Crippen molar-refractivity contribution in [3.8, 4) is 0 Å². The largest absolute Gasteiger partial charge is 0.349 e. The molecule has 0 aromatic carbocycles. The summed E-state index contributed by atoms with van der Waals surface area (Å²) in [7, 11) is 3.40. The molecule has 5 fully saturated rings. The second kappa shape index (κ2) is 15.1. The highest BCUT2D eigenvalue weighted by atomic mass is 31.1. The molecule has 5 rings (SSSR count). The summed E-state index contributed by atoms with van der Waals surface area (Å²) in [4.78, 5) is 0. The molecule has 40 heavy (non-hydrogen) atoms. The minimum absolute atomic E-state index is 0.0762. The van der Waals surface area contributed by atoms with E-state index in [0.29, 0.717) is 0 Å². The van der Waals surface area contributed by atoms with E-state index in [4.69, 9.17) is 18.9 Å². The van der Waals surface area contributed by atoms with Crippen LogP contribution in [0.4, 0.5) is 0 Å². The van der Waals surface area contributed by atoms with Crippen LogP contribution in [0.25, 0.3) is 0 Å². The predicted molar refractivity (Wildman–Crippen MR) is 172 cm³/mol. The Morgan fingerprint density at radius 2 is 0.725 bits per heavy atom. The van der Waals surface area contributed by atoms with Crippen molar-refractivity contribution < 1.29 is 18.9 Å². The Hall–Kier alpha value is 0.700. The van der Waals surface area contributed by atoms with Crippen LogP contribution in [0.5, 0.6) is 0 Å². The molecular formula is C34H62O4P2. The molecule has 0 N–H and O–H groups in total. The van der Waals surface area contributed by atoms with Gasteiger partial charge in [0.2, 0.25) is 11.6 Å². The molecule has 0 radical (unpaired) electrons. The second-order valence-corrected chi connectivity index (χ2v) is 19.9. The fourth-order valence-electron chi connectivity index (χ4n) is 8.98. The smallest absolute Gasteiger partial charge is 0.220 e. The molecule has 4 nitrogen and oxygen atoms in total. The maximum Gasteiger partial charge on any atom is 0.220 e. The van der Waals surface area contributed by atoms with E-state index in [1.54, 1.807) is 14.2 Å². The van der Waals surface area contributed by atoms with Crippen LogP contribution in [0.3, 0.4) is 0 Å². The van der Waals surface area contributed by atoms with Crippen molar-refractivity contribution >= 4 is 15.8 Å². The van der Waals surface area contributed by atoms with Crippen LogP contribution in [-0.4, -0.2) is 73.0 Å². The van der Waals surface area contributed by atoms with Crippen molar-refractivity contribution in [3.05, 3.63) is 0 Å². The highest BCUT2D eigenvalue weighted by Gasteiger charge is 2.57. The van der Waals surface area contributed by atoms with Gasteiger partial charge in [-0.05, 0) is 100 Å². The summed E-state index contributed by atoms with van der Waals surface area (Å²) in [5.74, 6) is -1.77. The van der Waals surface area contributed by atoms with Gasteiger partial charge in [0.25, 0.3) is 0 Å². The first-order valence-corrected chi connectivity index (χ1v) is 20.8. The molecule has 1 heterocycles. The van der Waals surface area contributed by atoms with E-state index >= 15 is 0 Å². The van der Waals surface area contributed by atoms with Crippen LogP contribution < -0.4 is 0 Å². The van der Waals surface area contributed by atoms with Gasteiger partial charge in [0.1, 0.15) is 0 Å². The maximum atomic E-state index is 7.18. The van der Waals surface area contributed by atoms with Crippen LogP contribution in [-0.2, 0) is 18.9 Å². The maximum absolute atomic E-state index is 7.18. The van der Waals surface area contributed by atoms with E-state index in [2.05, 4.69) is 13.8 Å². The van der Waals surface area contributed by atoms with E-state index in [1.807, 2.05) is 0 Å². The average Bonchev–Trinajstić information content (AvgIpc) is 3.02. The molecule has 4 atom stereocenters. The Balaban J connectivity index is 1.42. The minimum Gasteiger partial charge on any atom is -0.349 e. The number of ether oxygens (including phenoxy) is 4. The molecule has 1 saturated heterocycles. The van der Waals surface area contributed by atoms with Crippen molar-refractivity contribution in [2.75, 3.05) is 26.5 Å². The molecule has 0 aromatic heterocycles. The van der Waals surface area contributed by atoms with Gasteiger partial charge in [-0.2, -0.15) is 0 Å². The first-order valence-electron chi connectivity index (χ1n) is 17.4. The Morgan fingerprint density at radius 1 is 0.475 bits per heavy atom. The Morgan fingerprint density at radius 3 is 0.950 bits per heavy atom. The quantitative estimate of drug-likeness (QED) is 0.235. The summed E-state index contributed by atoms with van der Waals surface area (Å²) in [5.41, 5.74) is 3.72. The van der Waals surface area contributed by atoms with Crippen molar-refractivity contribution in [2.45, 2.75) is 189 Å². The molecule has 0 aromatic rings. The third-order valence-corrected chi connectivity index (χ3v) is 19.1. The lowest BCUT2D eigenvalue weighted by Gasteiger charge is -2.54. The summed E-state index contributed by atoms with van der Waals surface area (Å²) in [6.07, 6.45) is 31.6. The van der Waals surface area contributed by atoms with E-state index in [1.165, 1.54) is 141 Å². The van der Waals surface area contributed by atoms with E-state index in [0.717, 1.165) is 22.6 Å². The van der Waals surface area contributed by atoms with Gasteiger partial charge in [0, 0.05) is 14.2 Å². The number of hydrogen-bond donors (Lipinski definition) is 0. The van der Waals surface area contributed by atoms with Crippen molar-refractivity contribution in [1.82, 2.24) is 0 Å². The first-order chi connectivity index (χ1) is 19.5. The summed E-state index contributed by atoms with van der Waals surface area (Å²) >= 11 is 0. The van der Waals surface area contributed by atoms with Gasteiger partial charge in [-0.3, -0.25) is 0 Å². The molecule has 5 aliphatic rings. The van der Waals surface area contributed by atoms with Gasteiger partial charge in [0.05, 0.1) is 12.2 Å². The second-order valence-electron chi connectivity index (χ2n) is 14.2. The highest BCUT2D eigenvalue weighted by Crippen LogP contribution is 2.60. The zero-order valence-electron chi connectivity index (χ0n) is 26.5. The highest BCUT2D eigenvalue weighted by molar-refractivity contribution is 7.59. The summed E-state index contributed by atoms with van der Waals surface area (Å²) in [6.45, 7) is 4.13. The van der Waals surface area contributed by atoms with Crippen molar-refractivity contribution in [2.24, 2.45) is 0 Å². The summed E-state index contributed by atoms with van der Waals surface area (Å²) < 4.78 is 26.6. The van der Waals surface area contributed by atoms with Crippen LogP contribution in [0.2, 0.25) is 0 Å². The third kappa shape index (κ3) is 7.49. The molecule has 1 unspecified atom stereocenters. The van der Waals surface area contributed by atoms with Gasteiger partial charge in [-0.15, -0.1) is 0 Å². The summed E-state index contributed by atoms with van der Waals surface area (Å²) in [6, 6.07) is 0. The fraction of sp³-hybridized carbons (Fsp3) is 1.00. The van der Waals surface area contributed by atoms with E-state index < -0.39 is 11.6 Å². The normalized spacial score (nSPS) is 36.5. The molecule has 232 valence electrons. The van der Waals surface area contributed by atoms with Crippen LogP contribution in [0, 0.1) is 0 Å². The SMILES string of the molecule is COC1(C)O[C@@H](CP(C2CCCCC2)C2CCCCC2)[C@H](CP(C2CCCCC2)C2CCCCC2)O[C@@]1(C)OC. The van der Waals surface area contributed by atoms with Crippen LogP contribution in [0.15, 0.2) is 0 Å². The zero-order valence-corrected chi connectivity index (χ0v) is 28.3. The lowest BCUT2D eigenvalue weighted by molar-refractivity contribution is -0.442. The fourth-order valence-corrected chi connectivity index (χ4v) is 16.9. The number of hydrogen-bond acceptors (Lipinski definition) is 4.